The van der Waals surface area contributed by atoms with Crippen molar-refractivity contribution in [1.29, 1.82) is 0 Å². The highest BCUT2D eigenvalue weighted by Crippen LogP contribution is 2.26. The van der Waals surface area contributed by atoms with Crippen LogP contribution in [0.3, 0.4) is 0 Å². The average Bonchev–Trinajstić information content (AvgIpc) is 3.21. The monoisotopic (exact) mass is 410 g/mol. The second-order valence-corrected chi connectivity index (χ2v) is 7.50. The van der Waals surface area contributed by atoms with Gasteiger partial charge in [-0.25, -0.2) is 4.98 Å². The van der Waals surface area contributed by atoms with E-state index < -0.39 is 0 Å². The van der Waals surface area contributed by atoms with Crippen molar-refractivity contribution < 1.29 is 14.3 Å². The molecule has 0 spiro atoms. The van der Waals surface area contributed by atoms with Gasteiger partial charge in [-0.15, -0.1) is 11.3 Å². The Kier molecular flexibility index (Phi) is 7.64. The summed E-state index contributed by atoms with van der Waals surface area (Å²) in [5.74, 6) is 1.30. The van der Waals surface area contributed by atoms with Gasteiger partial charge in [0, 0.05) is 10.9 Å². The summed E-state index contributed by atoms with van der Waals surface area (Å²) in [5, 5.41) is 5.27. The average molecular weight is 411 g/mol. The number of benzene rings is 2. The van der Waals surface area contributed by atoms with Crippen molar-refractivity contribution in [2.24, 2.45) is 0 Å². The highest BCUT2D eigenvalue weighted by Gasteiger charge is 2.09. The van der Waals surface area contributed by atoms with Gasteiger partial charge in [0.15, 0.2) is 11.7 Å². The van der Waals surface area contributed by atoms with Gasteiger partial charge in [-0.1, -0.05) is 32.4 Å². The van der Waals surface area contributed by atoms with Crippen LogP contribution in [0.15, 0.2) is 53.9 Å². The van der Waals surface area contributed by atoms with E-state index in [1.54, 1.807) is 0 Å². The molecule has 0 aliphatic rings. The Balaban J connectivity index is 1.50. The van der Waals surface area contributed by atoms with E-state index in [1.807, 2.05) is 53.9 Å². The molecule has 0 atom stereocenters. The molecule has 1 amide bonds. The largest absolute Gasteiger partial charge is 0.494 e. The number of hydrogen-bond donors (Lipinski definition) is 1. The molecule has 0 saturated heterocycles. The maximum absolute atomic E-state index is 12.2. The van der Waals surface area contributed by atoms with Crippen molar-refractivity contribution >= 4 is 22.4 Å². The van der Waals surface area contributed by atoms with E-state index in [9.17, 15) is 4.79 Å². The maximum Gasteiger partial charge on any atom is 0.264 e. The molecule has 0 bridgehead atoms. The lowest BCUT2D eigenvalue weighted by molar-refractivity contribution is -0.118. The Morgan fingerprint density at radius 1 is 0.966 bits per heavy atom. The number of aromatic nitrogens is 1. The van der Waals surface area contributed by atoms with E-state index >= 15 is 0 Å². The summed E-state index contributed by atoms with van der Waals surface area (Å²) >= 11 is 1.39. The van der Waals surface area contributed by atoms with E-state index in [-0.39, 0.29) is 12.5 Å². The van der Waals surface area contributed by atoms with Crippen LogP contribution in [0.2, 0.25) is 0 Å². The van der Waals surface area contributed by atoms with Crippen molar-refractivity contribution in [2.45, 2.75) is 33.1 Å². The highest BCUT2D eigenvalue weighted by atomic mass is 32.1. The van der Waals surface area contributed by atoms with Gasteiger partial charge >= 0.3 is 0 Å². The molecule has 0 fully saturated rings. The second-order valence-electron chi connectivity index (χ2n) is 6.64. The summed E-state index contributed by atoms with van der Waals surface area (Å²) < 4.78 is 11.2. The summed E-state index contributed by atoms with van der Waals surface area (Å²) in [5.41, 5.74) is 3.07. The minimum atomic E-state index is -0.230. The van der Waals surface area contributed by atoms with Gasteiger partial charge in [0.1, 0.15) is 11.5 Å². The third-order valence-corrected chi connectivity index (χ3v) is 4.96. The molecule has 0 radical (unpaired) electrons. The number of carbonyl (C=O) groups is 1. The van der Waals surface area contributed by atoms with E-state index in [0.717, 1.165) is 36.3 Å². The van der Waals surface area contributed by atoms with Crippen LogP contribution in [0.4, 0.5) is 5.13 Å². The third-order valence-electron chi connectivity index (χ3n) is 4.21. The Morgan fingerprint density at radius 3 is 2.34 bits per heavy atom. The molecule has 3 aromatic rings. The maximum atomic E-state index is 12.2. The number of ether oxygens (including phenoxy) is 2. The first-order valence-corrected chi connectivity index (χ1v) is 10.8. The first-order chi connectivity index (χ1) is 14.2. The Labute approximate surface area is 175 Å². The number of thiazole rings is 1. The van der Waals surface area contributed by atoms with Crippen molar-refractivity contribution in [3.05, 3.63) is 59.5 Å². The molecule has 1 N–H and O–H groups in total. The summed E-state index contributed by atoms with van der Waals surface area (Å²) in [4.78, 5) is 16.6. The zero-order chi connectivity index (χ0) is 20.5. The molecule has 0 saturated carbocycles. The number of rotatable bonds is 10. The van der Waals surface area contributed by atoms with Gasteiger partial charge in [-0.3, -0.25) is 10.1 Å². The van der Waals surface area contributed by atoms with Gasteiger partial charge in [-0.2, -0.15) is 0 Å². The lowest BCUT2D eigenvalue weighted by Crippen LogP contribution is -2.20. The first kappa shape index (κ1) is 20.9. The van der Waals surface area contributed by atoms with Crippen LogP contribution in [0, 0.1) is 0 Å². The van der Waals surface area contributed by atoms with Gasteiger partial charge in [0.25, 0.3) is 5.91 Å². The number of hydrogen-bond acceptors (Lipinski definition) is 5. The predicted molar refractivity (Wildman–Crippen MR) is 118 cm³/mol. The van der Waals surface area contributed by atoms with Gasteiger partial charge in [0.05, 0.1) is 12.3 Å². The highest BCUT2D eigenvalue weighted by molar-refractivity contribution is 7.14. The minimum absolute atomic E-state index is 0.0501. The second kappa shape index (κ2) is 10.6. The summed E-state index contributed by atoms with van der Waals surface area (Å²) in [6.45, 7) is 4.88. The van der Waals surface area contributed by atoms with Crippen molar-refractivity contribution in [2.75, 3.05) is 18.5 Å². The number of carbonyl (C=O) groups excluding carboxylic acids is 1. The van der Waals surface area contributed by atoms with Crippen LogP contribution in [0.25, 0.3) is 11.3 Å². The SMILES string of the molecule is CCCOc1ccc(-c2csc(NC(=O)COc3ccc(CCC)cc3)n2)cc1. The van der Waals surface area contributed by atoms with Crippen LogP contribution in [0.5, 0.6) is 11.5 Å². The molecule has 5 nitrogen and oxygen atoms in total. The number of anilines is 1. The fourth-order valence-electron chi connectivity index (χ4n) is 2.75. The minimum Gasteiger partial charge on any atom is -0.494 e. The zero-order valence-corrected chi connectivity index (χ0v) is 17.6. The molecular formula is C23H26N2O3S. The molecule has 152 valence electrons. The Bertz CT molecular complexity index is 905. The van der Waals surface area contributed by atoms with Gasteiger partial charge in [-0.05, 0) is 54.8 Å². The normalized spacial score (nSPS) is 10.6. The number of amides is 1. The first-order valence-electron chi connectivity index (χ1n) is 9.88. The molecule has 1 heterocycles. The van der Waals surface area contributed by atoms with E-state index in [2.05, 4.69) is 24.1 Å². The zero-order valence-electron chi connectivity index (χ0n) is 16.8. The summed E-state index contributed by atoms with van der Waals surface area (Å²) in [6.07, 6.45) is 3.13. The predicted octanol–water partition coefficient (Wildman–Crippen LogP) is 5.57. The lowest BCUT2D eigenvalue weighted by atomic mass is 10.1. The van der Waals surface area contributed by atoms with Gasteiger partial charge in [0.2, 0.25) is 0 Å². The molecule has 3 rings (SSSR count). The number of nitrogens with one attached hydrogen (secondary N) is 1. The standard InChI is InChI=1S/C23H26N2O3S/c1-3-5-17-6-10-20(11-7-17)28-15-22(26)25-23-24-21(16-29-23)18-8-12-19(13-9-18)27-14-4-2/h6-13,16H,3-5,14-15H2,1-2H3,(H,24,25,26). The topological polar surface area (TPSA) is 60.5 Å². The molecule has 6 heteroatoms. The number of nitrogens with zero attached hydrogens (tertiary/aromatic N) is 1. The molecule has 0 aliphatic carbocycles. The van der Waals surface area contributed by atoms with E-state index in [4.69, 9.17) is 9.47 Å². The number of aryl methyl sites for hydroxylation is 1. The van der Waals surface area contributed by atoms with Crippen LogP contribution >= 0.6 is 11.3 Å². The smallest absolute Gasteiger partial charge is 0.264 e. The Morgan fingerprint density at radius 2 is 1.66 bits per heavy atom. The molecule has 2 aromatic carbocycles. The van der Waals surface area contributed by atoms with Crippen LogP contribution < -0.4 is 14.8 Å². The molecule has 0 unspecified atom stereocenters. The third kappa shape index (κ3) is 6.32. The molecule has 29 heavy (non-hydrogen) atoms. The summed E-state index contributed by atoms with van der Waals surface area (Å²) in [6, 6.07) is 15.7. The van der Waals surface area contributed by atoms with Gasteiger partial charge < -0.3 is 9.47 Å². The molecule has 0 aliphatic heterocycles. The van der Waals surface area contributed by atoms with Crippen molar-refractivity contribution in [3.63, 3.8) is 0 Å². The van der Waals surface area contributed by atoms with E-state index in [0.29, 0.717) is 17.5 Å². The summed E-state index contributed by atoms with van der Waals surface area (Å²) in [7, 11) is 0. The van der Waals surface area contributed by atoms with Crippen LogP contribution in [0.1, 0.15) is 32.3 Å². The van der Waals surface area contributed by atoms with E-state index in [1.165, 1.54) is 16.9 Å². The quantitative estimate of drug-likeness (QED) is 0.475. The fraction of sp³-hybridized carbons (Fsp3) is 0.304. The van der Waals surface area contributed by atoms with Crippen molar-refractivity contribution in [1.82, 2.24) is 4.98 Å². The molecular weight excluding hydrogens is 384 g/mol. The fourth-order valence-corrected chi connectivity index (χ4v) is 3.49. The Hall–Kier alpha value is -2.86. The van der Waals surface area contributed by atoms with Crippen molar-refractivity contribution in [3.8, 4) is 22.8 Å². The van der Waals surface area contributed by atoms with Crippen LogP contribution in [-0.4, -0.2) is 24.1 Å². The lowest BCUT2D eigenvalue weighted by Gasteiger charge is -2.07. The molecule has 1 aromatic heterocycles. The van der Waals surface area contributed by atoms with Crippen LogP contribution in [-0.2, 0) is 11.2 Å².